The number of rotatable bonds is 5. The molecule has 0 aromatic heterocycles. The minimum Gasteiger partial charge on any atom is -0.326 e. The number of nitrogens with one attached hydrogen (secondary N) is 1. The highest BCUT2D eigenvalue weighted by Crippen LogP contribution is 2.19. The van der Waals surface area contributed by atoms with E-state index in [4.69, 9.17) is 0 Å². The van der Waals surface area contributed by atoms with Crippen LogP contribution in [0, 0.1) is 5.92 Å². The van der Waals surface area contributed by atoms with Crippen molar-refractivity contribution < 1.29 is 9.59 Å². The molecule has 2 aromatic rings. The number of para-hydroxylation sites is 1. The van der Waals surface area contributed by atoms with Gasteiger partial charge in [0, 0.05) is 24.2 Å². The third-order valence-corrected chi connectivity index (χ3v) is 3.51. The topological polar surface area (TPSA) is 49.4 Å². The quantitative estimate of drug-likeness (QED) is 0.912. The van der Waals surface area contributed by atoms with Gasteiger partial charge in [0.05, 0.1) is 6.54 Å². The first-order valence-electron chi connectivity index (χ1n) is 7.70. The van der Waals surface area contributed by atoms with Gasteiger partial charge >= 0.3 is 0 Å². The average molecular weight is 310 g/mol. The van der Waals surface area contributed by atoms with Crippen molar-refractivity contribution in [2.24, 2.45) is 5.92 Å². The Kier molecular flexibility index (Phi) is 5.52. The SMILES string of the molecule is CC(=O)N(Cc1cccc(NC(=O)C(C)C)c1)c1ccccc1. The van der Waals surface area contributed by atoms with Crippen molar-refractivity contribution in [3.8, 4) is 0 Å². The molecule has 0 aliphatic rings. The molecular weight excluding hydrogens is 288 g/mol. The van der Waals surface area contributed by atoms with Gasteiger partial charge in [0.15, 0.2) is 0 Å². The molecule has 2 rings (SSSR count). The summed E-state index contributed by atoms with van der Waals surface area (Å²) in [6.45, 7) is 5.72. The second-order valence-corrected chi connectivity index (χ2v) is 5.79. The molecule has 23 heavy (non-hydrogen) atoms. The van der Waals surface area contributed by atoms with Crippen molar-refractivity contribution in [2.45, 2.75) is 27.3 Å². The standard InChI is InChI=1S/C19H22N2O2/c1-14(2)19(23)20-17-9-7-8-16(12-17)13-21(15(3)22)18-10-5-4-6-11-18/h4-12,14H,13H2,1-3H3,(H,20,23). The summed E-state index contributed by atoms with van der Waals surface area (Å²) >= 11 is 0. The molecule has 2 aromatic carbocycles. The lowest BCUT2D eigenvalue weighted by atomic mass is 10.1. The van der Waals surface area contributed by atoms with Crippen molar-refractivity contribution in [2.75, 3.05) is 10.2 Å². The Labute approximate surface area is 137 Å². The number of hydrogen-bond donors (Lipinski definition) is 1. The summed E-state index contributed by atoms with van der Waals surface area (Å²) < 4.78 is 0. The Balaban J connectivity index is 2.18. The van der Waals surface area contributed by atoms with Gasteiger partial charge in [-0.05, 0) is 29.8 Å². The molecule has 0 unspecified atom stereocenters. The van der Waals surface area contributed by atoms with Crippen LogP contribution >= 0.6 is 0 Å². The fourth-order valence-corrected chi connectivity index (χ4v) is 2.21. The maximum Gasteiger partial charge on any atom is 0.226 e. The molecule has 0 spiro atoms. The molecule has 0 aliphatic carbocycles. The van der Waals surface area contributed by atoms with Gasteiger partial charge in [0.2, 0.25) is 11.8 Å². The van der Waals surface area contributed by atoms with Crippen LogP contribution in [0.4, 0.5) is 11.4 Å². The molecule has 1 N–H and O–H groups in total. The van der Waals surface area contributed by atoms with Crippen LogP contribution in [0.3, 0.4) is 0 Å². The summed E-state index contributed by atoms with van der Waals surface area (Å²) in [5.74, 6) is -0.113. The van der Waals surface area contributed by atoms with Gasteiger partial charge in [0.1, 0.15) is 0 Å². The molecule has 4 nitrogen and oxygen atoms in total. The van der Waals surface area contributed by atoms with E-state index in [1.54, 1.807) is 11.8 Å². The molecule has 2 amide bonds. The fourth-order valence-electron chi connectivity index (χ4n) is 2.21. The first-order valence-corrected chi connectivity index (χ1v) is 7.70. The molecule has 0 heterocycles. The fraction of sp³-hybridized carbons (Fsp3) is 0.263. The summed E-state index contributed by atoms with van der Waals surface area (Å²) in [7, 11) is 0. The highest BCUT2D eigenvalue weighted by atomic mass is 16.2. The summed E-state index contributed by atoms with van der Waals surface area (Å²) in [5, 5.41) is 2.88. The molecule has 0 bridgehead atoms. The number of benzene rings is 2. The molecule has 0 fully saturated rings. The van der Waals surface area contributed by atoms with Crippen LogP contribution in [0.25, 0.3) is 0 Å². The van der Waals surface area contributed by atoms with Crippen LogP contribution in [0.1, 0.15) is 26.3 Å². The van der Waals surface area contributed by atoms with Gasteiger partial charge < -0.3 is 10.2 Å². The average Bonchev–Trinajstić information content (AvgIpc) is 2.53. The summed E-state index contributed by atoms with van der Waals surface area (Å²) in [6.07, 6.45) is 0. The third kappa shape index (κ3) is 4.68. The highest BCUT2D eigenvalue weighted by molar-refractivity contribution is 5.93. The molecule has 0 atom stereocenters. The lowest BCUT2D eigenvalue weighted by molar-refractivity contribution is -0.119. The maximum atomic E-state index is 12.0. The highest BCUT2D eigenvalue weighted by Gasteiger charge is 2.12. The zero-order chi connectivity index (χ0) is 16.8. The van der Waals surface area contributed by atoms with Crippen molar-refractivity contribution in [3.05, 3.63) is 60.2 Å². The van der Waals surface area contributed by atoms with Crippen LogP contribution in [0.2, 0.25) is 0 Å². The lowest BCUT2D eigenvalue weighted by Gasteiger charge is -2.21. The zero-order valence-electron chi connectivity index (χ0n) is 13.7. The number of anilines is 2. The summed E-state index contributed by atoms with van der Waals surface area (Å²) in [4.78, 5) is 25.5. The zero-order valence-corrected chi connectivity index (χ0v) is 13.7. The number of nitrogens with zero attached hydrogens (tertiary/aromatic N) is 1. The number of carbonyl (C=O) groups is 2. The molecule has 0 saturated heterocycles. The molecule has 0 radical (unpaired) electrons. The van der Waals surface area contributed by atoms with E-state index in [9.17, 15) is 9.59 Å². The van der Waals surface area contributed by atoms with E-state index >= 15 is 0 Å². The minimum atomic E-state index is -0.0725. The maximum absolute atomic E-state index is 12.0. The van der Waals surface area contributed by atoms with E-state index in [2.05, 4.69) is 5.32 Å². The van der Waals surface area contributed by atoms with Crippen molar-refractivity contribution in [3.63, 3.8) is 0 Å². The van der Waals surface area contributed by atoms with Gasteiger partial charge in [-0.2, -0.15) is 0 Å². The lowest BCUT2D eigenvalue weighted by Crippen LogP contribution is -2.27. The monoisotopic (exact) mass is 310 g/mol. The van der Waals surface area contributed by atoms with Gasteiger partial charge in [-0.3, -0.25) is 9.59 Å². The van der Waals surface area contributed by atoms with E-state index in [-0.39, 0.29) is 17.7 Å². The molecule has 120 valence electrons. The van der Waals surface area contributed by atoms with Crippen molar-refractivity contribution in [1.29, 1.82) is 0 Å². The molecule has 4 heteroatoms. The molecule has 0 aliphatic heterocycles. The Bertz CT molecular complexity index is 681. The second kappa shape index (κ2) is 7.58. The third-order valence-electron chi connectivity index (χ3n) is 3.51. The van der Waals surface area contributed by atoms with Crippen LogP contribution in [-0.2, 0) is 16.1 Å². The number of hydrogen-bond acceptors (Lipinski definition) is 2. The van der Waals surface area contributed by atoms with Crippen molar-refractivity contribution >= 4 is 23.2 Å². The van der Waals surface area contributed by atoms with E-state index in [0.717, 1.165) is 16.9 Å². The normalized spacial score (nSPS) is 10.4. The van der Waals surface area contributed by atoms with Crippen LogP contribution < -0.4 is 10.2 Å². The number of carbonyl (C=O) groups excluding carboxylic acids is 2. The second-order valence-electron chi connectivity index (χ2n) is 5.79. The van der Waals surface area contributed by atoms with Gasteiger partial charge in [-0.1, -0.05) is 44.2 Å². The van der Waals surface area contributed by atoms with Crippen LogP contribution in [0.15, 0.2) is 54.6 Å². The van der Waals surface area contributed by atoms with Gasteiger partial charge in [0.25, 0.3) is 0 Å². The first kappa shape index (κ1) is 16.7. The molecular formula is C19H22N2O2. The van der Waals surface area contributed by atoms with Gasteiger partial charge in [-0.25, -0.2) is 0 Å². The largest absolute Gasteiger partial charge is 0.326 e. The van der Waals surface area contributed by atoms with E-state index in [1.807, 2.05) is 68.4 Å². The smallest absolute Gasteiger partial charge is 0.226 e. The van der Waals surface area contributed by atoms with Crippen LogP contribution in [0.5, 0.6) is 0 Å². The van der Waals surface area contributed by atoms with E-state index in [0.29, 0.717) is 6.54 Å². The van der Waals surface area contributed by atoms with Gasteiger partial charge in [-0.15, -0.1) is 0 Å². The summed E-state index contributed by atoms with van der Waals surface area (Å²) in [6, 6.07) is 17.1. The minimum absolute atomic E-state index is 0.0198. The van der Waals surface area contributed by atoms with Crippen LogP contribution in [-0.4, -0.2) is 11.8 Å². The first-order chi connectivity index (χ1) is 11.0. The predicted molar refractivity (Wildman–Crippen MR) is 93.2 cm³/mol. The number of amides is 2. The van der Waals surface area contributed by atoms with E-state index in [1.165, 1.54) is 0 Å². The predicted octanol–water partition coefficient (Wildman–Crippen LogP) is 3.83. The Morgan fingerprint density at radius 1 is 1.04 bits per heavy atom. The molecule has 0 saturated carbocycles. The van der Waals surface area contributed by atoms with E-state index < -0.39 is 0 Å². The summed E-state index contributed by atoms with van der Waals surface area (Å²) in [5.41, 5.74) is 2.57. The Morgan fingerprint density at radius 3 is 2.35 bits per heavy atom. The van der Waals surface area contributed by atoms with Crippen molar-refractivity contribution in [1.82, 2.24) is 0 Å². The Hall–Kier alpha value is -2.62. The Morgan fingerprint density at radius 2 is 1.74 bits per heavy atom.